The normalized spacial score (nSPS) is 10.8. The van der Waals surface area contributed by atoms with Gasteiger partial charge < -0.3 is 4.74 Å². The Bertz CT molecular complexity index is 1130. The first-order valence-electron chi connectivity index (χ1n) is 9.93. The van der Waals surface area contributed by atoms with Crippen LogP contribution in [0.25, 0.3) is 17.2 Å². The Morgan fingerprint density at radius 1 is 0.667 bits per heavy atom. The van der Waals surface area contributed by atoms with Gasteiger partial charge in [0, 0.05) is 11.1 Å². The van der Waals surface area contributed by atoms with E-state index in [0.29, 0.717) is 12.2 Å². The van der Waals surface area contributed by atoms with E-state index in [4.69, 9.17) is 4.74 Å². The summed E-state index contributed by atoms with van der Waals surface area (Å²) in [4.78, 5) is 12.6. The third-order valence-corrected chi connectivity index (χ3v) is 4.85. The second-order valence-electron chi connectivity index (χ2n) is 6.95. The van der Waals surface area contributed by atoms with E-state index in [-0.39, 0.29) is 5.78 Å². The Morgan fingerprint density at radius 2 is 1.27 bits per heavy atom. The van der Waals surface area contributed by atoms with Gasteiger partial charge >= 0.3 is 0 Å². The van der Waals surface area contributed by atoms with E-state index in [0.717, 1.165) is 28.0 Å². The molecule has 0 saturated carbocycles. The molecule has 2 heteroatoms. The number of hydrogen-bond acceptors (Lipinski definition) is 2. The number of carbonyl (C=O) groups excluding carboxylic acids is 1. The van der Waals surface area contributed by atoms with Gasteiger partial charge in [-0.3, -0.25) is 4.79 Å². The summed E-state index contributed by atoms with van der Waals surface area (Å²) in [5, 5.41) is 0. The Labute approximate surface area is 177 Å². The van der Waals surface area contributed by atoms with Crippen LogP contribution < -0.4 is 4.74 Å². The maximum absolute atomic E-state index is 12.6. The first kappa shape index (κ1) is 19.4. The van der Waals surface area contributed by atoms with Crippen LogP contribution >= 0.6 is 0 Å². The van der Waals surface area contributed by atoms with Crippen molar-refractivity contribution in [2.45, 2.75) is 6.61 Å². The van der Waals surface area contributed by atoms with E-state index < -0.39 is 0 Å². The summed E-state index contributed by atoms with van der Waals surface area (Å²) in [5.41, 5.74) is 4.87. The Hall–Kier alpha value is -3.91. The molecule has 30 heavy (non-hydrogen) atoms. The lowest BCUT2D eigenvalue weighted by atomic mass is 10.0. The number of allylic oxidation sites excluding steroid dienone is 1. The first-order chi connectivity index (χ1) is 14.8. The van der Waals surface area contributed by atoms with Crippen molar-refractivity contribution in [2.24, 2.45) is 0 Å². The number of ketones is 1. The molecule has 0 radical (unpaired) electrons. The van der Waals surface area contributed by atoms with Crippen molar-refractivity contribution in [3.05, 3.63) is 132 Å². The monoisotopic (exact) mass is 390 g/mol. The van der Waals surface area contributed by atoms with Crippen molar-refractivity contribution in [2.75, 3.05) is 0 Å². The summed E-state index contributed by atoms with van der Waals surface area (Å²) in [6, 6.07) is 35.6. The first-order valence-corrected chi connectivity index (χ1v) is 9.93. The summed E-state index contributed by atoms with van der Waals surface area (Å²) in [5.74, 6) is 0.720. The van der Waals surface area contributed by atoms with Crippen LogP contribution in [0.2, 0.25) is 0 Å². The van der Waals surface area contributed by atoms with Crippen molar-refractivity contribution in [3.63, 3.8) is 0 Å². The number of benzene rings is 4. The maximum Gasteiger partial charge on any atom is 0.185 e. The topological polar surface area (TPSA) is 26.3 Å². The molecule has 0 aliphatic rings. The second kappa shape index (κ2) is 9.53. The third-order valence-electron chi connectivity index (χ3n) is 4.85. The highest BCUT2D eigenvalue weighted by molar-refractivity contribution is 6.07. The van der Waals surface area contributed by atoms with Gasteiger partial charge in [0.25, 0.3) is 0 Å². The SMILES string of the molecule is O=C(C=Cc1ccccc1OCc1ccccc1)c1ccc(-c2ccccc2)cc1. The van der Waals surface area contributed by atoms with Crippen LogP contribution in [-0.4, -0.2) is 5.78 Å². The fraction of sp³-hybridized carbons (Fsp3) is 0.0357. The van der Waals surface area contributed by atoms with Crippen molar-refractivity contribution in [1.29, 1.82) is 0 Å². The van der Waals surface area contributed by atoms with Crippen LogP contribution in [0.4, 0.5) is 0 Å². The van der Waals surface area contributed by atoms with E-state index in [1.165, 1.54) is 0 Å². The van der Waals surface area contributed by atoms with E-state index >= 15 is 0 Å². The molecule has 146 valence electrons. The Balaban J connectivity index is 1.45. The quantitative estimate of drug-likeness (QED) is 0.255. The molecule has 4 aromatic carbocycles. The minimum Gasteiger partial charge on any atom is -0.488 e. The smallest absolute Gasteiger partial charge is 0.185 e. The highest BCUT2D eigenvalue weighted by Crippen LogP contribution is 2.22. The molecule has 0 saturated heterocycles. The van der Waals surface area contributed by atoms with Gasteiger partial charge in [0.2, 0.25) is 0 Å². The molecule has 0 aromatic heterocycles. The minimum atomic E-state index is -0.0347. The standard InChI is InChI=1S/C28H22O2/c29-27(25-17-15-24(16-18-25)23-11-5-2-6-12-23)20-19-26-13-7-8-14-28(26)30-21-22-9-3-1-4-10-22/h1-20H,21H2. The lowest BCUT2D eigenvalue weighted by molar-refractivity contribution is 0.104. The average Bonchev–Trinajstić information content (AvgIpc) is 2.83. The summed E-state index contributed by atoms with van der Waals surface area (Å²) in [7, 11) is 0. The molecule has 0 heterocycles. The van der Waals surface area contributed by atoms with Gasteiger partial charge in [0.1, 0.15) is 12.4 Å². The lowest BCUT2D eigenvalue weighted by Gasteiger charge is -2.09. The molecule has 0 bridgehead atoms. The van der Waals surface area contributed by atoms with E-state index in [1.807, 2.05) is 103 Å². The molecule has 0 amide bonds. The van der Waals surface area contributed by atoms with Gasteiger partial charge in [-0.15, -0.1) is 0 Å². The molecule has 2 nitrogen and oxygen atoms in total. The number of carbonyl (C=O) groups is 1. The van der Waals surface area contributed by atoms with Crippen LogP contribution in [0.5, 0.6) is 5.75 Å². The zero-order chi connectivity index (χ0) is 20.6. The van der Waals surface area contributed by atoms with Crippen molar-refractivity contribution in [1.82, 2.24) is 0 Å². The molecular formula is C28H22O2. The van der Waals surface area contributed by atoms with E-state index in [2.05, 4.69) is 12.1 Å². The fourth-order valence-electron chi connectivity index (χ4n) is 3.20. The molecule has 0 atom stereocenters. The maximum atomic E-state index is 12.6. The summed E-state index contributed by atoms with van der Waals surface area (Å²) >= 11 is 0. The predicted molar refractivity (Wildman–Crippen MR) is 122 cm³/mol. The van der Waals surface area contributed by atoms with Crippen LogP contribution in [0.3, 0.4) is 0 Å². The van der Waals surface area contributed by atoms with Gasteiger partial charge in [-0.25, -0.2) is 0 Å². The van der Waals surface area contributed by atoms with Crippen molar-refractivity contribution < 1.29 is 9.53 Å². The highest BCUT2D eigenvalue weighted by Gasteiger charge is 2.05. The van der Waals surface area contributed by atoms with Gasteiger partial charge in [0.05, 0.1) is 0 Å². The lowest BCUT2D eigenvalue weighted by Crippen LogP contribution is -1.97. The summed E-state index contributed by atoms with van der Waals surface area (Å²) in [6.07, 6.45) is 3.41. The zero-order valence-electron chi connectivity index (χ0n) is 16.6. The van der Waals surface area contributed by atoms with E-state index in [9.17, 15) is 4.79 Å². The van der Waals surface area contributed by atoms with Crippen LogP contribution in [0.1, 0.15) is 21.5 Å². The third kappa shape index (κ3) is 4.92. The number of hydrogen-bond donors (Lipinski definition) is 0. The highest BCUT2D eigenvalue weighted by atomic mass is 16.5. The molecule has 0 N–H and O–H groups in total. The van der Waals surface area contributed by atoms with Crippen LogP contribution in [0, 0.1) is 0 Å². The number of para-hydroxylation sites is 1. The molecule has 4 aromatic rings. The molecule has 0 spiro atoms. The van der Waals surface area contributed by atoms with Gasteiger partial charge in [-0.2, -0.15) is 0 Å². The van der Waals surface area contributed by atoms with Crippen molar-refractivity contribution in [3.8, 4) is 16.9 Å². The Kier molecular flexibility index (Phi) is 6.16. The summed E-state index contributed by atoms with van der Waals surface area (Å²) in [6.45, 7) is 0.487. The minimum absolute atomic E-state index is 0.0347. The van der Waals surface area contributed by atoms with Crippen LogP contribution in [0.15, 0.2) is 115 Å². The molecule has 0 fully saturated rings. The molecule has 4 rings (SSSR count). The van der Waals surface area contributed by atoms with Gasteiger partial charge in [-0.05, 0) is 34.9 Å². The van der Waals surface area contributed by atoms with Gasteiger partial charge in [0.15, 0.2) is 5.78 Å². The predicted octanol–water partition coefficient (Wildman–Crippen LogP) is 6.83. The fourth-order valence-corrected chi connectivity index (χ4v) is 3.20. The second-order valence-corrected chi connectivity index (χ2v) is 6.95. The number of rotatable bonds is 7. The molecule has 0 unspecified atom stereocenters. The van der Waals surface area contributed by atoms with Crippen LogP contribution in [-0.2, 0) is 6.61 Å². The zero-order valence-corrected chi connectivity index (χ0v) is 16.6. The molecular weight excluding hydrogens is 368 g/mol. The molecule has 0 aliphatic carbocycles. The largest absolute Gasteiger partial charge is 0.488 e. The summed E-state index contributed by atoms with van der Waals surface area (Å²) < 4.78 is 5.96. The van der Waals surface area contributed by atoms with E-state index in [1.54, 1.807) is 6.08 Å². The number of ether oxygens (including phenoxy) is 1. The Morgan fingerprint density at radius 3 is 2.00 bits per heavy atom. The average molecular weight is 390 g/mol. The van der Waals surface area contributed by atoms with Crippen molar-refractivity contribution >= 4 is 11.9 Å². The van der Waals surface area contributed by atoms with Gasteiger partial charge in [-0.1, -0.05) is 103 Å². The molecule has 0 aliphatic heterocycles.